The summed E-state index contributed by atoms with van der Waals surface area (Å²) in [6, 6.07) is 14.7. The molecule has 6 nitrogen and oxygen atoms in total. The molecule has 3 rings (SSSR count). The van der Waals surface area contributed by atoms with Gasteiger partial charge in [0.2, 0.25) is 0 Å². The highest BCUT2D eigenvalue weighted by Crippen LogP contribution is 2.44. The number of carboxylic acids is 1. The number of carbonyl (C=O) groups is 3. The van der Waals surface area contributed by atoms with Gasteiger partial charge in [0.15, 0.2) is 0 Å². The Morgan fingerprint density at radius 1 is 1.00 bits per heavy atom. The fraction of sp³-hybridized carbons (Fsp3) is 0.400. The van der Waals surface area contributed by atoms with Gasteiger partial charge in [-0.15, -0.1) is 0 Å². The van der Waals surface area contributed by atoms with E-state index in [0.29, 0.717) is 0 Å². The number of hydrogen-bond donors (Lipinski definition) is 1. The zero-order chi connectivity index (χ0) is 22.8. The maximum absolute atomic E-state index is 12.7. The second-order valence-corrected chi connectivity index (χ2v) is 9.25. The van der Waals surface area contributed by atoms with Crippen LogP contribution in [0.25, 0.3) is 11.1 Å². The van der Waals surface area contributed by atoms with E-state index >= 15 is 0 Å². The first-order chi connectivity index (χ1) is 14.6. The maximum atomic E-state index is 12.7. The Morgan fingerprint density at radius 2 is 1.52 bits per heavy atom. The van der Waals surface area contributed by atoms with Crippen LogP contribution in [0.2, 0.25) is 0 Å². The summed E-state index contributed by atoms with van der Waals surface area (Å²) in [6.07, 6.45) is -0.749. The Balaban J connectivity index is 1.69. The number of ketones is 1. The van der Waals surface area contributed by atoms with E-state index in [9.17, 15) is 19.5 Å². The predicted molar refractivity (Wildman–Crippen MR) is 118 cm³/mol. The fourth-order valence-corrected chi connectivity index (χ4v) is 4.09. The molecule has 1 aliphatic rings. The Bertz CT molecular complexity index is 946. The van der Waals surface area contributed by atoms with E-state index in [4.69, 9.17) is 4.74 Å². The van der Waals surface area contributed by atoms with E-state index < -0.39 is 18.1 Å². The van der Waals surface area contributed by atoms with Crippen molar-refractivity contribution in [2.24, 2.45) is 5.41 Å². The number of Topliss-reactive ketones (excluding diaryl/α,β-unsaturated/α-hetero) is 1. The zero-order valence-electron chi connectivity index (χ0n) is 18.4. The van der Waals surface area contributed by atoms with Gasteiger partial charge in [-0.25, -0.2) is 9.59 Å². The van der Waals surface area contributed by atoms with Gasteiger partial charge < -0.3 is 9.84 Å². The molecule has 0 fully saturated rings. The van der Waals surface area contributed by atoms with Crippen LogP contribution in [0.4, 0.5) is 4.79 Å². The molecule has 1 N–H and O–H groups in total. The van der Waals surface area contributed by atoms with Gasteiger partial charge in [-0.05, 0) is 27.7 Å². The third-order valence-electron chi connectivity index (χ3n) is 5.53. The Labute approximate surface area is 182 Å². The summed E-state index contributed by atoms with van der Waals surface area (Å²) < 4.78 is 5.53. The molecule has 31 heavy (non-hydrogen) atoms. The van der Waals surface area contributed by atoms with Gasteiger partial charge in [0.05, 0.1) is 0 Å². The second kappa shape index (κ2) is 8.92. The van der Waals surface area contributed by atoms with Crippen LogP contribution >= 0.6 is 0 Å². The molecule has 2 aromatic carbocycles. The molecule has 0 radical (unpaired) electrons. The number of carboxylic acid groups (broad SMARTS) is 1. The molecule has 0 aromatic heterocycles. The van der Waals surface area contributed by atoms with Gasteiger partial charge in [0.1, 0.15) is 18.4 Å². The van der Waals surface area contributed by atoms with Gasteiger partial charge >= 0.3 is 12.1 Å². The van der Waals surface area contributed by atoms with Gasteiger partial charge in [-0.3, -0.25) is 9.69 Å². The summed E-state index contributed by atoms with van der Waals surface area (Å²) in [5.74, 6) is -1.54. The van der Waals surface area contributed by atoms with Crippen LogP contribution < -0.4 is 0 Å². The van der Waals surface area contributed by atoms with Crippen LogP contribution in [0.15, 0.2) is 48.5 Å². The number of rotatable bonds is 7. The van der Waals surface area contributed by atoms with Crippen molar-refractivity contribution in [2.75, 3.05) is 13.7 Å². The SMILES string of the molecule is CN(C(=O)OCC1c2ccccc2-c2ccccc21)[C@@H](CC(=O)CC(C)(C)C)C(=O)O. The molecule has 1 aliphatic carbocycles. The monoisotopic (exact) mass is 423 g/mol. The highest BCUT2D eigenvalue weighted by Gasteiger charge is 2.33. The molecule has 1 amide bonds. The van der Waals surface area contributed by atoms with Crippen LogP contribution in [0.3, 0.4) is 0 Å². The van der Waals surface area contributed by atoms with E-state index in [-0.39, 0.29) is 36.6 Å². The van der Waals surface area contributed by atoms with E-state index in [1.165, 1.54) is 7.05 Å². The lowest BCUT2D eigenvalue weighted by molar-refractivity contribution is -0.144. The molecule has 2 aromatic rings. The molecule has 1 atom stereocenters. The molecular weight excluding hydrogens is 394 g/mol. The van der Waals surface area contributed by atoms with E-state index in [2.05, 4.69) is 0 Å². The average molecular weight is 424 g/mol. The Morgan fingerprint density at radius 3 is 2.00 bits per heavy atom. The summed E-state index contributed by atoms with van der Waals surface area (Å²) in [6.45, 7) is 5.83. The standard InChI is InChI=1S/C25H29NO5/c1-25(2,3)14-16(27)13-22(23(28)29)26(4)24(30)31-15-21-19-11-7-5-9-17(19)18-10-6-8-12-20(18)21/h5-12,21-22H,13-15H2,1-4H3,(H,28,29)/t22-/m0/s1. The van der Waals surface area contributed by atoms with Crippen molar-refractivity contribution >= 4 is 17.8 Å². The second-order valence-electron chi connectivity index (χ2n) is 9.25. The van der Waals surface area contributed by atoms with Crippen molar-refractivity contribution in [3.05, 3.63) is 59.7 Å². The molecule has 0 bridgehead atoms. The molecular formula is C25H29NO5. The minimum Gasteiger partial charge on any atom is -0.480 e. The lowest BCUT2D eigenvalue weighted by atomic mass is 9.88. The van der Waals surface area contributed by atoms with Crippen molar-refractivity contribution in [3.8, 4) is 11.1 Å². The number of carbonyl (C=O) groups excluding carboxylic acids is 2. The van der Waals surface area contributed by atoms with Crippen LogP contribution in [0, 0.1) is 5.41 Å². The van der Waals surface area contributed by atoms with Crippen molar-refractivity contribution < 1.29 is 24.2 Å². The van der Waals surface area contributed by atoms with Crippen LogP contribution in [-0.2, 0) is 14.3 Å². The molecule has 0 saturated heterocycles. The third kappa shape index (κ3) is 5.13. The summed E-state index contributed by atoms with van der Waals surface area (Å²) in [7, 11) is 1.36. The Hall–Kier alpha value is -3.15. The number of nitrogens with zero attached hydrogens (tertiary/aromatic N) is 1. The van der Waals surface area contributed by atoms with Crippen molar-refractivity contribution in [2.45, 2.75) is 45.6 Å². The summed E-state index contributed by atoms with van der Waals surface area (Å²) in [5.41, 5.74) is 4.14. The summed E-state index contributed by atoms with van der Waals surface area (Å²) in [4.78, 5) is 37.7. The molecule has 164 valence electrons. The average Bonchev–Trinajstić information content (AvgIpc) is 3.02. The topological polar surface area (TPSA) is 83.9 Å². The number of aliphatic carboxylic acids is 1. The van der Waals surface area contributed by atoms with Crippen LogP contribution in [0.5, 0.6) is 0 Å². The zero-order valence-corrected chi connectivity index (χ0v) is 18.4. The summed E-state index contributed by atoms with van der Waals surface area (Å²) in [5, 5.41) is 9.58. The van der Waals surface area contributed by atoms with E-state index in [0.717, 1.165) is 27.2 Å². The number of hydrogen-bond acceptors (Lipinski definition) is 4. The maximum Gasteiger partial charge on any atom is 0.410 e. The quantitative estimate of drug-likeness (QED) is 0.697. The summed E-state index contributed by atoms with van der Waals surface area (Å²) >= 11 is 0. The van der Waals surface area contributed by atoms with Gasteiger partial charge in [-0.1, -0.05) is 69.3 Å². The first kappa shape index (κ1) is 22.5. The normalized spacial score (nSPS) is 13.8. The van der Waals surface area contributed by atoms with Crippen LogP contribution in [-0.4, -0.2) is 47.5 Å². The van der Waals surface area contributed by atoms with Gasteiger partial charge in [0.25, 0.3) is 0 Å². The highest BCUT2D eigenvalue weighted by atomic mass is 16.6. The van der Waals surface area contributed by atoms with E-state index in [1.807, 2.05) is 69.3 Å². The predicted octanol–water partition coefficient (Wildman–Crippen LogP) is 4.72. The molecule has 0 unspecified atom stereocenters. The van der Waals surface area contributed by atoms with Gasteiger partial charge in [-0.2, -0.15) is 0 Å². The molecule has 0 saturated carbocycles. The first-order valence-corrected chi connectivity index (χ1v) is 10.4. The molecule has 0 aliphatic heterocycles. The largest absolute Gasteiger partial charge is 0.480 e. The minimum atomic E-state index is -1.26. The number of amides is 1. The minimum absolute atomic E-state index is 0.0967. The lowest BCUT2D eigenvalue weighted by Crippen LogP contribution is -2.44. The number of likely N-dealkylation sites (N-methyl/N-ethyl adjacent to an activating group) is 1. The van der Waals surface area contributed by atoms with Crippen molar-refractivity contribution in [3.63, 3.8) is 0 Å². The van der Waals surface area contributed by atoms with Crippen LogP contribution in [0.1, 0.15) is 50.7 Å². The molecule has 6 heteroatoms. The van der Waals surface area contributed by atoms with E-state index in [1.54, 1.807) is 0 Å². The van der Waals surface area contributed by atoms with Crippen molar-refractivity contribution in [1.29, 1.82) is 0 Å². The first-order valence-electron chi connectivity index (χ1n) is 10.4. The number of benzene rings is 2. The van der Waals surface area contributed by atoms with Gasteiger partial charge in [0, 0.05) is 25.8 Å². The number of fused-ring (bicyclic) bond motifs is 3. The van der Waals surface area contributed by atoms with Crippen molar-refractivity contribution in [1.82, 2.24) is 4.90 Å². The highest BCUT2D eigenvalue weighted by molar-refractivity contribution is 5.88. The molecule has 0 heterocycles. The third-order valence-corrected chi connectivity index (χ3v) is 5.53. The number of ether oxygens (including phenoxy) is 1. The lowest BCUT2D eigenvalue weighted by Gasteiger charge is -2.26. The smallest absolute Gasteiger partial charge is 0.410 e. The Kier molecular flexibility index (Phi) is 6.48. The fourth-order valence-electron chi connectivity index (χ4n) is 4.09. The molecule has 0 spiro atoms.